The summed E-state index contributed by atoms with van der Waals surface area (Å²) in [6, 6.07) is 15.2. The van der Waals surface area contributed by atoms with Crippen molar-refractivity contribution in [1.29, 1.82) is 0 Å². The van der Waals surface area contributed by atoms with Crippen molar-refractivity contribution in [2.45, 2.75) is 18.8 Å². The number of para-hydroxylation sites is 1. The van der Waals surface area contributed by atoms with Crippen molar-refractivity contribution < 1.29 is 14.0 Å². The quantitative estimate of drug-likeness (QED) is 0.707. The van der Waals surface area contributed by atoms with E-state index in [4.69, 9.17) is 0 Å². The van der Waals surface area contributed by atoms with Gasteiger partial charge in [-0.1, -0.05) is 41.7 Å². The third-order valence-corrected chi connectivity index (χ3v) is 5.99. The van der Waals surface area contributed by atoms with Gasteiger partial charge >= 0.3 is 0 Å². The molecular weight excluding hydrogens is 391 g/mol. The number of nitrogens with zero attached hydrogens (tertiary/aromatic N) is 3. The summed E-state index contributed by atoms with van der Waals surface area (Å²) in [7, 11) is 0. The van der Waals surface area contributed by atoms with Crippen molar-refractivity contribution in [3.05, 3.63) is 76.0 Å². The molecule has 0 unspecified atom stereocenters. The number of benzene rings is 2. The van der Waals surface area contributed by atoms with Crippen LogP contribution in [0.1, 0.15) is 43.9 Å². The molecule has 2 aromatic carbocycles. The second kappa shape index (κ2) is 8.48. The second-order valence-corrected chi connectivity index (χ2v) is 7.82. The number of carbonyl (C=O) groups is 2. The summed E-state index contributed by atoms with van der Waals surface area (Å²) in [5.74, 6) is -0.942. The highest BCUT2D eigenvalue weighted by Gasteiger charge is 2.28. The number of piperidine rings is 1. The van der Waals surface area contributed by atoms with Crippen LogP contribution in [-0.2, 0) is 0 Å². The van der Waals surface area contributed by atoms with Gasteiger partial charge in [-0.2, -0.15) is 0 Å². The number of nitrogens with one attached hydrogen (secondary N) is 1. The highest BCUT2D eigenvalue weighted by molar-refractivity contribution is 7.13. The highest BCUT2D eigenvalue weighted by atomic mass is 32.1. The Kier molecular flexibility index (Phi) is 5.62. The Morgan fingerprint density at radius 3 is 2.41 bits per heavy atom. The maximum atomic E-state index is 13.9. The zero-order chi connectivity index (χ0) is 20.2. The Morgan fingerprint density at radius 2 is 1.69 bits per heavy atom. The number of hydrogen-bond donors (Lipinski definition) is 1. The van der Waals surface area contributed by atoms with Crippen LogP contribution in [0, 0.1) is 5.82 Å². The number of hydrogen-bond acceptors (Lipinski definition) is 5. The Labute approximate surface area is 171 Å². The van der Waals surface area contributed by atoms with Crippen LogP contribution in [0.15, 0.2) is 54.6 Å². The van der Waals surface area contributed by atoms with Gasteiger partial charge in [-0.15, -0.1) is 10.2 Å². The van der Waals surface area contributed by atoms with Gasteiger partial charge < -0.3 is 10.2 Å². The van der Waals surface area contributed by atoms with Gasteiger partial charge in [-0.25, -0.2) is 4.39 Å². The lowest BCUT2D eigenvalue weighted by atomic mass is 9.97. The summed E-state index contributed by atoms with van der Waals surface area (Å²) in [6.07, 6.45) is 1.41. The summed E-state index contributed by atoms with van der Waals surface area (Å²) < 4.78 is 13.9. The normalized spacial score (nSPS) is 14.6. The third-order valence-electron chi connectivity index (χ3n) is 4.90. The van der Waals surface area contributed by atoms with E-state index in [1.807, 2.05) is 30.3 Å². The standard InChI is InChI=1S/C21H19FN4O2S/c22-17-9-5-4-8-16(17)21(28)26-12-10-14(11-13-26)19-24-25-20(29-19)18(27)23-15-6-2-1-3-7-15/h1-9,14H,10-13H2,(H,23,27). The Hall–Kier alpha value is -3.13. The minimum atomic E-state index is -0.502. The first-order chi connectivity index (χ1) is 14.1. The van der Waals surface area contributed by atoms with Crippen molar-refractivity contribution in [3.8, 4) is 0 Å². The molecule has 148 valence electrons. The van der Waals surface area contributed by atoms with E-state index in [0.29, 0.717) is 36.6 Å². The van der Waals surface area contributed by atoms with Crippen molar-refractivity contribution in [3.63, 3.8) is 0 Å². The molecule has 0 atom stereocenters. The van der Waals surface area contributed by atoms with E-state index in [0.717, 1.165) is 5.01 Å². The molecule has 0 bridgehead atoms. The molecule has 0 saturated carbocycles. The van der Waals surface area contributed by atoms with Crippen molar-refractivity contribution in [2.24, 2.45) is 0 Å². The lowest BCUT2D eigenvalue weighted by molar-refractivity contribution is 0.0708. The SMILES string of the molecule is O=C(Nc1ccccc1)c1nnc(C2CCN(C(=O)c3ccccc3F)CC2)s1. The molecule has 0 spiro atoms. The molecule has 2 amide bonds. The lowest BCUT2D eigenvalue weighted by Crippen LogP contribution is -2.38. The van der Waals surface area contributed by atoms with Crippen LogP contribution in [0.4, 0.5) is 10.1 Å². The maximum Gasteiger partial charge on any atom is 0.286 e. The average Bonchev–Trinajstić information content (AvgIpc) is 3.25. The van der Waals surface area contributed by atoms with Crippen LogP contribution < -0.4 is 5.32 Å². The smallest absolute Gasteiger partial charge is 0.286 e. The number of rotatable bonds is 4. The van der Waals surface area contributed by atoms with Crippen LogP contribution in [0.2, 0.25) is 0 Å². The van der Waals surface area contributed by atoms with Gasteiger partial charge in [-0.3, -0.25) is 9.59 Å². The minimum absolute atomic E-state index is 0.0988. The Balaban J connectivity index is 1.36. The molecule has 1 aliphatic rings. The van der Waals surface area contributed by atoms with Crippen molar-refractivity contribution >= 4 is 28.8 Å². The van der Waals surface area contributed by atoms with Gasteiger partial charge in [-0.05, 0) is 37.1 Å². The van der Waals surface area contributed by atoms with E-state index in [-0.39, 0.29) is 23.3 Å². The van der Waals surface area contributed by atoms with Crippen molar-refractivity contribution in [2.75, 3.05) is 18.4 Å². The topological polar surface area (TPSA) is 75.2 Å². The predicted octanol–water partition coefficient (Wildman–Crippen LogP) is 3.95. The number of likely N-dealkylation sites (tertiary alicyclic amines) is 1. The first-order valence-electron chi connectivity index (χ1n) is 9.35. The van der Waals surface area contributed by atoms with Gasteiger partial charge in [0.2, 0.25) is 5.01 Å². The summed E-state index contributed by atoms with van der Waals surface area (Å²) in [5, 5.41) is 12.1. The van der Waals surface area contributed by atoms with Crippen LogP contribution in [0.5, 0.6) is 0 Å². The first-order valence-corrected chi connectivity index (χ1v) is 10.2. The van der Waals surface area contributed by atoms with Gasteiger partial charge in [0, 0.05) is 24.7 Å². The number of halogens is 1. The predicted molar refractivity (Wildman–Crippen MR) is 109 cm³/mol. The number of anilines is 1. The molecule has 1 aliphatic heterocycles. The van der Waals surface area contributed by atoms with Gasteiger partial charge in [0.15, 0.2) is 0 Å². The summed E-state index contributed by atoms with van der Waals surface area (Å²) in [4.78, 5) is 26.6. The number of carbonyl (C=O) groups excluding carboxylic acids is 2. The van der Waals surface area contributed by atoms with Crippen LogP contribution in [0.3, 0.4) is 0 Å². The zero-order valence-electron chi connectivity index (χ0n) is 15.5. The van der Waals surface area contributed by atoms with E-state index in [1.165, 1.54) is 23.5 Å². The van der Waals surface area contributed by atoms with Crippen LogP contribution in [-0.4, -0.2) is 40.0 Å². The van der Waals surface area contributed by atoms with Gasteiger partial charge in [0.05, 0.1) is 5.56 Å². The summed E-state index contributed by atoms with van der Waals surface area (Å²) in [6.45, 7) is 1.03. The zero-order valence-corrected chi connectivity index (χ0v) is 16.4. The van der Waals surface area contributed by atoms with Crippen molar-refractivity contribution in [1.82, 2.24) is 15.1 Å². The first kappa shape index (κ1) is 19.2. The number of amides is 2. The molecule has 1 N–H and O–H groups in total. The molecule has 4 rings (SSSR count). The van der Waals surface area contributed by atoms with Crippen LogP contribution in [0.25, 0.3) is 0 Å². The average molecular weight is 410 g/mol. The third kappa shape index (κ3) is 4.32. The molecule has 0 aliphatic carbocycles. The molecule has 2 heterocycles. The Morgan fingerprint density at radius 1 is 1.00 bits per heavy atom. The summed E-state index contributed by atoms with van der Waals surface area (Å²) in [5.41, 5.74) is 0.802. The molecule has 1 saturated heterocycles. The highest BCUT2D eigenvalue weighted by Crippen LogP contribution is 2.31. The summed E-state index contributed by atoms with van der Waals surface area (Å²) >= 11 is 1.28. The molecule has 1 fully saturated rings. The lowest BCUT2D eigenvalue weighted by Gasteiger charge is -2.31. The number of aromatic nitrogens is 2. The molecular formula is C21H19FN4O2S. The van der Waals surface area contributed by atoms with E-state index in [1.54, 1.807) is 17.0 Å². The van der Waals surface area contributed by atoms with Gasteiger partial charge in [0.25, 0.3) is 11.8 Å². The second-order valence-electron chi connectivity index (χ2n) is 6.81. The largest absolute Gasteiger partial charge is 0.339 e. The van der Waals surface area contributed by atoms with Crippen LogP contribution >= 0.6 is 11.3 Å². The van der Waals surface area contributed by atoms with E-state index < -0.39 is 5.82 Å². The molecule has 29 heavy (non-hydrogen) atoms. The maximum absolute atomic E-state index is 13.9. The Bertz CT molecular complexity index is 1020. The molecule has 3 aromatic rings. The molecule has 1 aromatic heterocycles. The fourth-order valence-electron chi connectivity index (χ4n) is 3.33. The minimum Gasteiger partial charge on any atom is -0.339 e. The molecule has 0 radical (unpaired) electrons. The fraction of sp³-hybridized carbons (Fsp3) is 0.238. The fourth-order valence-corrected chi connectivity index (χ4v) is 4.24. The van der Waals surface area contributed by atoms with E-state index in [2.05, 4.69) is 15.5 Å². The monoisotopic (exact) mass is 410 g/mol. The van der Waals surface area contributed by atoms with Gasteiger partial charge in [0.1, 0.15) is 10.8 Å². The molecule has 6 nitrogen and oxygen atoms in total. The van der Waals surface area contributed by atoms with E-state index in [9.17, 15) is 14.0 Å². The molecule has 8 heteroatoms. The van der Waals surface area contributed by atoms with E-state index >= 15 is 0 Å².